The van der Waals surface area contributed by atoms with Crippen LogP contribution in [0.2, 0.25) is 25.7 Å². The number of carbonyl (C=O) groups excluding carboxylic acids is 1. The van der Waals surface area contributed by atoms with Gasteiger partial charge in [0.15, 0.2) is 0 Å². The van der Waals surface area contributed by atoms with Gasteiger partial charge >= 0.3 is 6.09 Å². The molecule has 5 rings (SSSR count). The Labute approximate surface area is 252 Å². The van der Waals surface area contributed by atoms with Crippen molar-refractivity contribution in [1.82, 2.24) is 25.2 Å². The van der Waals surface area contributed by atoms with Crippen molar-refractivity contribution in [2.75, 3.05) is 13.2 Å². The number of hydrogen-bond donors (Lipinski definition) is 3. The van der Waals surface area contributed by atoms with Gasteiger partial charge in [-0.25, -0.2) is 19.2 Å². The smallest absolute Gasteiger partial charge is 0.404 e. The quantitative estimate of drug-likeness (QED) is 0.170. The van der Waals surface area contributed by atoms with Gasteiger partial charge in [0.1, 0.15) is 35.8 Å². The number of amides is 2. The molecule has 3 N–H and O–H groups in total. The lowest BCUT2D eigenvalue weighted by atomic mass is 9.91. The summed E-state index contributed by atoms with van der Waals surface area (Å²) >= 11 is 0. The van der Waals surface area contributed by atoms with Crippen LogP contribution < -0.4 is 15.4 Å². The van der Waals surface area contributed by atoms with E-state index in [4.69, 9.17) is 14.6 Å². The van der Waals surface area contributed by atoms with Gasteiger partial charge in [0.05, 0.1) is 17.7 Å². The van der Waals surface area contributed by atoms with Crippen molar-refractivity contribution < 1.29 is 28.6 Å². The third-order valence-electron chi connectivity index (χ3n) is 8.30. The Bertz CT molecular complexity index is 1480. The minimum Gasteiger partial charge on any atom is -0.493 e. The van der Waals surface area contributed by atoms with Gasteiger partial charge in [-0.15, -0.1) is 0 Å². The molecular formula is C31H42FN5O5Si. The Morgan fingerprint density at radius 3 is 2.42 bits per heavy atom. The molecule has 2 aliphatic rings. The first kappa shape index (κ1) is 30.9. The molecule has 0 aliphatic heterocycles. The molecule has 0 bridgehead atoms. The Hall–Kier alpha value is -3.51. The van der Waals surface area contributed by atoms with E-state index in [1.165, 1.54) is 18.5 Å². The maximum absolute atomic E-state index is 14.6. The zero-order valence-electron chi connectivity index (χ0n) is 25.4. The van der Waals surface area contributed by atoms with Gasteiger partial charge in [-0.05, 0) is 75.6 Å². The summed E-state index contributed by atoms with van der Waals surface area (Å²) in [6, 6.07) is 5.23. The summed E-state index contributed by atoms with van der Waals surface area (Å²) < 4.78 is 28.8. The molecule has 0 radical (unpaired) electrons. The van der Waals surface area contributed by atoms with Gasteiger partial charge < -0.3 is 29.8 Å². The average Bonchev–Trinajstić information content (AvgIpc) is 3.73. The van der Waals surface area contributed by atoms with Crippen LogP contribution in [0.4, 0.5) is 9.18 Å². The van der Waals surface area contributed by atoms with Crippen molar-refractivity contribution >= 4 is 31.1 Å². The summed E-state index contributed by atoms with van der Waals surface area (Å²) in [6.45, 7) is 10.1. The SMILES string of the molecule is Cc1c(C(=O)NC2CCC(NC(=O)O)CC2)c2ncnc(-c3cc(F)ccc3OCC3CC3)c2n1COCC[Si](C)(C)C. The summed E-state index contributed by atoms with van der Waals surface area (Å²) in [6.07, 6.45) is 5.26. The van der Waals surface area contributed by atoms with Gasteiger partial charge in [0.2, 0.25) is 0 Å². The van der Waals surface area contributed by atoms with Crippen molar-refractivity contribution in [2.24, 2.45) is 5.92 Å². The molecule has 2 amide bonds. The number of rotatable bonds is 12. The zero-order valence-corrected chi connectivity index (χ0v) is 26.4. The number of nitrogens with one attached hydrogen (secondary N) is 2. The van der Waals surface area contributed by atoms with E-state index in [2.05, 4.69) is 40.2 Å². The number of benzene rings is 1. The summed E-state index contributed by atoms with van der Waals surface area (Å²) in [5.41, 5.74) is 3.15. The lowest BCUT2D eigenvalue weighted by Gasteiger charge is -2.28. The standard InChI is InChI=1S/C31H42FN5O5Si/c1-19-26(30(38)35-22-8-10-23(11-9-22)36-31(39)40)28-29(37(19)18-41-13-14-43(2,3)4)27(33-17-34-28)24-15-21(32)7-12-25(24)42-16-20-5-6-20/h7,12,15,17,20,22-23,36H,5-6,8-11,13-14,16,18H2,1-4H3,(H,35,38)(H,39,40). The van der Waals surface area contributed by atoms with E-state index >= 15 is 0 Å². The van der Waals surface area contributed by atoms with Gasteiger partial charge in [0, 0.05) is 38.0 Å². The minimum atomic E-state index is -1.32. The van der Waals surface area contributed by atoms with Crippen LogP contribution in [0, 0.1) is 18.7 Å². The first-order chi connectivity index (χ1) is 20.5. The van der Waals surface area contributed by atoms with Gasteiger partial charge in [-0.3, -0.25) is 4.79 Å². The molecule has 0 atom stereocenters. The molecule has 0 spiro atoms. The second kappa shape index (κ2) is 13.0. The van der Waals surface area contributed by atoms with Crippen molar-refractivity contribution in [3.63, 3.8) is 0 Å². The molecule has 2 fully saturated rings. The van der Waals surface area contributed by atoms with Crippen LogP contribution >= 0.6 is 0 Å². The van der Waals surface area contributed by atoms with E-state index in [0.717, 1.165) is 18.9 Å². The minimum absolute atomic E-state index is 0.0860. The largest absolute Gasteiger partial charge is 0.493 e. The maximum Gasteiger partial charge on any atom is 0.404 e. The summed E-state index contributed by atoms with van der Waals surface area (Å²) in [7, 11) is -1.32. The normalized spacial score (nSPS) is 18.9. The van der Waals surface area contributed by atoms with E-state index < -0.39 is 20.0 Å². The lowest BCUT2D eigenvalue weighted by molar-refractivity contribution is 0.0877. The van der Waals surface area contributed by atoms with Crippen LogP contribution in [0.5, 0.6) is 5.75 Å². The van der Waals surface area contributed by atoms with Crippen LogP contribution in [0.25, 0.3) is 22.3 Å². The Morgan fingerprint density at radius 2 is 1.77 bits per heavy atom. The first-order valence-corrected chi connectivity index (χ1v) is 18.9. The summed E-state index contributed by atoms with van der Waals surface area (Å²) in [5, 5.41) is 14.7. The summed E-state index contributed by atoms with van der Waals surface area (Å²) in [4.78, 5) is 34.0. The highest BCUT2D eigenvalue weighted by Gasteiger charge is 2.29. The molecule has 2 aromatic heterocycles. The Balaban J connectivity index is 1.49. The number of carboxylic acid groups (broad SMARTS) is 1. The van der Waals surface area contributed by atoms with Crippen molar-refractivity contribution in [2.45, 2.75) is 89.9 Å². The second-order valence-electron chi connectivity index (χ2n) is 13.0. The van der Waals surface area contributed by atoms with Crippen molar-refractivity contribution in [1.29, 1.82) is 0 Å². The second-order valence-corrected chi connectivity index (χ2v) is 18.6. The van der Waals surface area contributed by atoms with E-state index in [-0.39, 0.29) is 24.7 Å². The predicted molar refractivity (Wildman–Crippen MR) is 165 cm³/mol. The summed E-state index contributed by atoms with van der Waals surface area (Å²) in [5.74, 6) is 0.385. The van der Waals surface area contributed by atoms with Gasteiger partial charge in [-0.2, -0.15) is 0 Å². The number of nitrogens with zero attached hydrogens (tertiary/aromatic N) is 3. The number of hydrogen-bond acceptors (Lipinski definition) is 6. The topological polar surface area (TPSA) is 128 Å². The van der Waals surface area contributed by atoms with Crippen LogP contribution in [0.3, 0.4) is 0 Å². The van der Waals surface area contributed by atoms with E-state index in [9.17, 15) is 14.0 Å². The molecule has 10 nitrogen and oxygen atoms in total. The molecule has 12 heteroatoms. The highest BCUT2D eigenvalue weighted by atomic mass is 28.3. The highest BCUT2D eigenvalue weighted by molar-refractivity contribution is 6.76. The molecule has 43 heavy (non-hydrogen) atoms. The first-order valence-electron chi connectivity index (χ1n) is 15.1. The van der Waals surface area contributed by atoms with Crippen LogP contribution in [0.15, 0.2) is 24.5 Å². The molecule has 0 unspecified atom stereocenters. The highest BCUT2D eigenvalue weighted by Crippen LogP contribution is 2.38. The lowest BCUT2D eigenvalue weighted by Crippen LogP contribution is -2.43. The maximum atomic E-state index is 14.6. The van der Waals surface area contributed by atoms with E-state index in [1.54, 1.807) is 6.07 Å². The number of halogens is 1. The molecule has 2 aliphatic carbocycles. The Kier molecular flexibility index (Phi) is 9.35. The fourth-order valence-corrected chi connectivity index (χ4v) is 6.33. The molecule has 2 heterocycles. The van der Waals surface area contributed by atoms with Crippen molar-refractivity contribution in [3.05, 3.63) is 41.6 Å². The fourth-order valence-electron chi connectivity index (χ4n) is 5.58. The van der Waals surface area contributed by atoms with Crippen molar-refractivity contribution in [3.8, 4) is 17.0 Å². The van der Waals surface area contributed by atoms with E-state index in [1.807, 2.05) is 11.5 Å². The number of carbonyl (C=O) groups is 2. The molecule has 1 aromatic carbocycles. The number of fused-ring (bicyclic) bond motifs is 1. The molecule has 232 valence electrons. The van der Waals surface area contributed by atoms with Crippen LogP contribution in [0.1, 0.15) is 54.6 Å². The predicted octanol–water partition coefficient (Wildman–Crippen LogP) is 5.96. The average molecular weight is 612 g/mol. The van der Waals surface area contributed by atoms with Crippen LogP contribution in [-0.4, -0.2) is 65.0 Å². The van der Waals surface area contributed by atoms with Crippen LogP contribution in [-0.2, 0) is 11.5 Å². The zero-order chi connectivity index (χ0) is 30.7. The molecule has 2 saturated carbocycles. The molecule has 0 saturated heterocycles. The van der Waals surface area contributed by atoms with Gasteiger partial charge in [0.25, 0.3) is 5.91 Å². The monoisotopic (exact) mass is 611 g/mol. The number of ether oxygens (including phenoxy) is 2. The van der Waals surface area contributed by atoms with Gasteiger partial charge in [-0.1, -0.05) is 19.6 Å². The third kappa shape index (κ3) is 7.72. The molecule has 3 aromatic rings. The van der Waals surface area contributed by atoms with E-state index in [0.29, 0.717) is 84.1 Å². The third-order valence-corrected chi connectivity index (χ3v) is 10.0. The Morgan fingerprint density at radius 1 is 1.07 bits per heavy atom. The number of aromatic nitrogens is 3. The fraction of sp³-hybridized carbons (Fsp3) is 0.548. The molecular weight excluding hydrogens is 569 g/mol.